The van der Waals surface area contributed by atoms with Gasteiger partial charge in [-0.05, 0) is 12.8 Å². The van der Waals surface area contributed by atoms with Crippen LogP contribution in [-0.4, -0.2) is 35.9 Å². The molecule has 0 saturated carbocycles. The van der Waals surface area contributed by atoms with Crippen LogP contribution in [-0.2, 0) is 4.74 Å². The zero-order valence-corrected chi connectivity index (χ0v) is 10.5. The van der Waals surface area contributed by atoms with Gasteiger partial charge in [0.05, 0.1) is 18.0 Å². The van der Waals surface area contributed by atoms with Gasteiger partial charge in [-0.25, -0.2) is 0 Å². The first-order chi connectivity index (χ1) is 8.07. The van der Waals surface area contributed by atoms with E-state index in [1.807, 2.05) is 20.8 Å². The Labute approximate surface area is 101 Å². The Balaban J connectivity index is 2.57. The number of amides is 1. The molecular weight excluding hydrogens is 220 g/mol. The maximum Gasteiger partial charge on any atom is 0.274 e. The number of carbonyl (C=O) groups excluding carboxylic acids is 1. The van der Waals surface area contributed by atoms with Crippen LogP contribution < -0.4 is 11.1 Å². The fourth-order valence-corrected chi connectivity index (χ4v) is 1.44. The minimum Gasteiger partial charge on any atom is -0.395 e. The predicted octanol–water partition coefficient (Wildman–Crippen LogP) is 0.882. The van der Waals surface area contributed by atoms with Crippen LogP contribution in [0.15, 0.2) is 0 Å². The second-order valence-corrected chi connectivity index (χ2v) is 4.01. The van der Waals surface area contributed by atoms with E-state index < -0.39 is 0 Å². The molecule has 1 heterocycles. The van der Waals surface area contributed by atoms with Gasteiger partial charge in [0.15, 0.2) is 5.69 Å². The monoisotopic (exact) mass is 240 g/mol. The van der Waals surface area contributed by atoms with Crippen LogP contribution in [0.25, 0.3) is 0 Å². The van der Waals surface area contributed by atoms with Crippen LogP contribution in [0.3, 0.4) is 0 Å². The third-order valence-corrected chi connectivity index (χ3v) is 2.36. The second kappa shape index (κ2) is 6.24. The normalized spacial score (nSPS) is 10.8. The van der Waals surface area contributed by atoms with E-state index in [-0.39, 0.29) is 17.5 Å². The second-order valence-electron chi connectivity index (χ2n) is 4.01. The summed E-state index contributed by atoms with van der Waals surface area (Å²) < 4.78 is 5.12. The van der Waals surface area contributed by atoms with Crippen molar-refractivity contribution in [3.8, 4) is 0 Å². The summed E-state index contributed by atoms with van der Waals surface area (Å²) >= 11 is 0. The molecule has 4 N–H and O–H groups in total. The van der Waals surface area contributed by atoms with Gasteiger partial charge < -0.3 is 15.8 Å². The molecule has 6 heteroatoms. The maximum atomic E-state index is 11.7. The highest BCUT2D eigenvalue weighted by molar-refractivity contribution is 5.97. The van der Waals surface area contributed by atoms with E-state index in [1.165, 1.54) is 0 Å². The number of nitrogens with one attached hydrogen (secondary N) is 2. The van der Waals surface area contributed by atoms with E-state index >= 15 is 0 Å². The molecule has 1 aromatic heterocycles. The molecular formula is C11H20N4O2. The van der Waals surface area contributed by atoms with Gasteiger partial charge in [0.25, 0.3) is 5.91 Å². The fraction of sp³-hybridized carbons (Fsp3) is 0.636. The molecule has 0 aliphatic carbocycles. The number of nitrogen functional groups attached to an aromatic ring is 1. The van der Waals surface area contributed by atoms with Crippen molar-refractivity contribution in [1.82, 2.24) is 15.5 Å². The molecule has 0 aliphatic rings. The van der Waals surface area contributed by atoms with Crippen molar-refractivity contribution in [2.75, 3.05) is 25.5 Å². The Bertz CT molecular complexity index is 374. The van der Waals surface area contributed by atoms with Gasteiger partial charge in [0.2, 0.25) is 0 Å². The third-order valence-electron chi connectivity index (χ3n) is 2.36. The molecule has 96 valence electrons. The number of anilines is 1. The van der Waals surface area contributed by atoms with Crippen molar-refractivity contribution in [1.29, 1.82) is 0 Å². The number of rotatable bonds is 6. The highest BCUT2D eigenvalue weighted by atomic mass is 16.5. The van der Waals surface area contributed by atoms with Crippen molar-refractivity contribution in [2.24, 2.45) is 0 Å². The molecule has 1 rings (SSSR count). The lowest BCUT2D eigenvalue weighted by Gasteiger charge is -2.05. The summed E-state index contributed by atoms with van der Waals surface area (Å²) in [6.45, 7) is 7.46. The lowest BCUT2D eigenvalue weighted by Crippen LogP contribution is -2.28. The van der Waals surface area contributed by atoms with Crippen molar-refractivity contribution in [2.45, 2.75) is 26.7 Å². The zero-order chi connectivity index (χ0) is 12.8. The Morgan fingerprint density at radius 2 is 2.29 bits per heavy atom. The van der Waals surface area contributed by atoms with Crippen LogP contribution in [0.4, 0.5) is 5.69 Å². The molecule has 0 aliphatic heterocycles. The number of nitrogens with zero attached hydrogens (tertiary/aromatic N) is 1. The van der Waals surface area contributed by atoms with Gasteiger partial charge in [-0.1, -0.05) is 13.8 Å². The number of aromatic amines is 1. The highest BCUT2D eigenvalue weighted by Crippen LogP contribution is 2.21. The summed E-state index contributed by atoms with van der Waals surface area (Å²) in [7, 11) is 0. The SMILES string of the molecule is CCOCCNC(=O)c1n[nH]c(C(C)C)c1N. The molecule has 0 unspecified atom stereocenters. The molecule has 0 spiro atoms. The van der Waals surface area contributed by atoms with Gasteiger partial charge >= 0.3 is 0 Å². The Hall–Kier alpha value is -1.56. The van der Waals surface area contributed by atoms with E-state index in [0.29, 0.717) is 25.4 Å². The molecule has 0 atom stereocenters. The minimum atomic E-state index is -0.273. The molecule has 1 amide bonds. The lowest BCUT2D eigenvalue weighted by molar-refractivity contribution is 0.0918. The summed E-state index contributed by atoms with van der Waals surface area (Å²) in [5.74, 6) is -0.0576. The zero-order valence-electron chi connectivity index (χ0n) is 10.5. The average molecular weight is 240 g/mol. The molecule has 0 fully saturated rings. The summed E-state index contributed by atoms with van der Waals surface area (Å²) in [5.41, 5.74) is 7.32. The average Bonchev–Trinajstić information content (AvgIpc) is 2.66. The standard InChI is InChI=1S/C11H20N4O2/c1-4-17-6-5-13-11(16)10-8(12)9(7(2)3)14-15-10/h7H,4-6,12H2,1-3H3,(H,13,16)(H,14,15). The van der Waals surface area contributed by atoms with Crippen molar-refractivity contribution in [3.05, 3.63) is 11.4 Å². The van der Waals surface area contributed by atoms with Gasteiger partial charge in [-0.2, -0.15) is 5.10 Å². The molecule has 0 aromatic carbocycles. The van der Waals surface area contributed by atoms with E-state index in [0.717, 1.165) is 5.69 Å². The van der Waals surface area contributed by atoms with Gasteiger partial charge in [0, 0.05) is 13.2 Å². The smallest absolute Gasteiger partial charge is 0.274 e. The predicted molar refractivity (Wildman–Crippen MR) is 65.9 cm³/mol. The molecule has 6 nitrogen and oxygen atoms in total. The quantitative estimate of drug-likeness (QED) is 0.643. The molecule has 17 heavy (non-hydrogen) atoms. The molecule has 0 bridgehead atoms. The highest BCUT2D eigenvalue weighted by Gasteiger charge is 2.18. The topological polar surface area (TPSA) is 93.0 Å². The Kier molecular flexibility index (Phi) is 4.96. The fourth-order valence-electron chi connectivity index (χ4n) is 1.44. The van der Waals surface area contributed by atoms with Crippen LogP contribution in [0, 0.1) is 0 Å². The van der Waals surface area contributed by atoms with Crippen molar-refractivity contribution in [3.63, 3.8) is 0 Å². The summed E-state index contributed by atoms with van der Waals surface area (Å²) in [5, 5.41) is 9.42. The first-order valence-corrected chi connectivity index (χ1v) is 5.77. The number of H-pyrrole nitrogens is 1. The maximum absolute atomic E-state index is 11.7. The number of nitrogens with two attached hydrogens (primary N) is 1. The summed E-state index contributed by atoms with van der Waals surface area (Å²) in [6.07, 6.45) is 0. The van der Waals surface area contributed by atoms with E-state index in [1.54, 1.807) is 0 Å². The lowest BCUT2D eigenvalue weighted by atomic mass is 10.1. The molecule has 0 saturated heterocycles. The third kappa shape index (κ3) is 3.45. The summed E-state index contributed by atoms with van der Waals surface area (Å²) in [6, 6.07) is 0. The van der Waals surface area contributed by atoms with Crippen LogP contribution in [0.1, 0.15) is 42.9 Å². The van der Waals surface area contributed by atoms with E-state index in [2.05, 4.69) is 15.5 Å². The molecule has 1 aromatic rings. The molecule has 0 radical (unpaired) electrons. The Morgan fingerprint density at radius 1 is 1.59 bits per heavy atom. The number of hydrogen-bond acceptors (Lipinski definition) is 4. The van der Waals surface area contributed by atoms with Crippen molar-refractivity contribution >= 4 is 11.6 Å². The number of ether oxygens (including phenoxy) is 1. The number of hydrogen-bond donors (Lipinski definition) is 3. The van der Waals surface area contributed by atoms with Gasteiger partial charge in [-0.15, -0.1) is 0 Å². The van der Waals surface area contributed by atoms with Crippen LogP contribution in [0.5, 0.6) is 0 Å². The minimum absolute atomic E-state index is 0.215. The van der Waals surface area contributed by atoms with Crippen LogP contribution in [0.2, 0.25) is 0 Å². The summed E-state index contributed by atoms with van der Waals surface area (Å²) in [4.78, 5) is 11.7. The number of aromatic nitrogens is 2. The largest absolute Gasteiger partial charge is 0.395 e. The first-order valence-electron chi connectivity index (χ1n) is 5.77. The van der Waals surface area contributed by atoms with Gasteiger partial charge in [0.1, 0.15) is 0 Å². The van der Waals surface area contributed by atoms with E-state index in [9.17, 15) is 4.79 Å². The Morgan fingerprint density at radius 3 is 2.82 bits per heavy atom. The first kappa shape index (κ1) is 13.5. The van der Waals surface area contributed by atoms with Gasteiger partial charge in [-0.3, -0.25) is 9.89 Å². The van der Waals surface area contributed by atoms with Crippen LogP contribution >= 0.6 is 0 Å². The number of carbonyl (C=O) groups is 1. The van der Waals surface area contributed by atoms with Crippen molar-refractivity contribution < 1.29 is 9.53 Å². The van der Waals surface area contributed by atoms with E-state index in [4.69, 9.17) is 10.5 Å².